The second-order valence-electron chi connectivity index (χ2n) is 3.82. The third kappa shape index (κ3) is 6.27. The third-order valence-corrected chi connectivity index (χ3v) is 2.70. The summed E-state index contributed by atoms with van der Waals surface area (Å²) < 4.78 is 3.46. The largest absolute Gasteiger partial charge is 0.465 e. The Morgan fingerprint density at radius 3 is 2.30 bits per heavy atom. The smallest absolute Gasteiger partial charge is 0.250 e. The number of rotatable bonds is 2. The Labute approximate surface area is 146 Å². The molecule has 3 rings (SSSR count). The van der Waals surface area contributed by atoms with E-state index in [0.717, 1.165) is 0 Å². The van der Waals surface area contributed by atoms with Crippen LogP contribution in [0.15, 0.2) is 47.6 Å². The molecule has 0 unspecified atom stereocenters. The van der Waals surface area contributed by atoms with Crippen molar-refractivity contribution >= 4 is 47.0 Å². The first-order chi connectivity index (χ1) is 11.1. The van der Waals surface area contributed by atoms with Gasteiger partial charge in [-0.1, -0.05) is 34.8 Å². The molecule has 0 saturated heterocycles. The molecule has 0 aliphatic rings. The van der Waals surface area contributed by atoms with Crippen molar-refractivity contribution in [3.63, 3.8) is 0 Å². The van der Waals surface area contributed by atoms with Gasteiger partial charge in [-0.15, -0.1) is 10.2 Å². The molecular formula is C13H9Cl3N6O. The zero-order valence-electron chi connectivity index (χ0n) is 11.4. The van der Waals surface area contributed by atoms with Crippen LogP contribution in [0.1, 0.15) is 17.4 Å². The van der Waals surface area contributed by atoms with E-state index in [1.807, 2.05) is 0 Å². The summed E-state index contributed by atoms with van der Waals surface area (Å²) in [7, 11) is 0. The molecular weight excluding hydrogens is 363 g/mol. The summed E-state index contributed by atoms with van der Waals surface area (Å²) in [5, 5.41) is 10.1. The van der Waals surface area contributed by atoms with E-state index in [9.17, 15) is 0 Å². The van der Waals surface area contributed by atoms with E-state index < -0.39 is 3.79 Å². The molecule has 10 heteroatoms. The summed E-state index contributed by atoms with van der Waals surface area (Å²) in [5.41, 5.74) is 0. The summed E-state index contributed by atoms with van der Waals surface area (Å²) in [6.07, 6.45) is 9.35. The molecule has 0 radical (unpaired) electrons. The SMILES string of the molecule is ClC(Cl)(Cl)c1ncnc(C=Cc2ccco2)n1.c1cnnnc1. The molecule has 0 bridgehead atoms. The molecule has 0 aliphatic heterocycles. The van der Waals surface area contributed by atoms with E-state index in [-0.39, 0.29) is 5.82 Å². The molecule has 3 heterocycles. The second kappa shape index (κ2) is 8.52. The summed E-state index contributed by atoms with van der Waals surface area (Å²) in [4.78, 5) is 11.7. The van der Waals surface area contributed by atoms with Crippen LogP contribution < -0.4 is 0 Å². The van der Waals surface area contributed by atoms with Crippen molar-refractivity contribution in [2.45, 2.75) is 3.79 Å². The summed E-state index contributed by atoms with van der Waals surface area (Å²) >= 11 is 17.0. The molecule has 0 amide bonds. The lowest BCUT2D eigenvalue weighted by Crippen LogP contribution is -2.08. The molecule has 7 nitrogen and oxygen atoms in total. The number of hydrogen-bond acceptors (Lipinski definition) is 7. The fourth-order valence-electron chi connectivity index (χ4n) is 1.27. The van der Waals surface area contributed by atoms with Crippen molar-refractivity contribution < 1.29 is 4.42 Å². The van der Waals surface area contributed by atoms with Crippen LogP contribution in [0.5, 0.6) is 0 Å². The lowest BCUT2D eigenvalue weighted by molar-refractivity contribution is 0.557. The highest BCUT2D eigenvalue weighted by molar-refractivity contribution is 6.66. The molecule has 118 valence electrons. The molecule has 0 saturated carbocycles. The minimum absolute atomic E-state index is 0.0802. The zero-order chi connectivity index (χ0) is 16.5. The average Bonchev–Trinajstić information content (AvgIpc) is 3.08. The Bertz CT molecular complexity index is 704. The van der Waals surface area contributed by atoms with Crippen molar-refractivity contribution in [2.75, 3.05) is 0 Å². The molecule has 0 atom stereocenters. The monoisotopic (exact) mass is 370 g/mol. The van der Waals surface area contributed by atoms with Crippen LogP contribution in [0.4, 0.5) is 0 Å². The maximum atomic E-state index is 5.67. The highest BCUT2D eigenvalue weighted by Crippen LogP contribution is 2.35. The second-order valence-corrected chi connectivity index (χ2v) is 6.11. The standard InChI is InChI=1S/C10H6Cl3N3O.C3H3N3/c11-10(12,13)9-15-6-14-8(16-9)4-3-7-2-1-5-17-7;1-2-4-6-5-3-1/h1-6H;1-3H. The summed E-state index contributed by atoms with van der Waals surface area (Å²) in [6.45, 7) is 0. The van der Waals surface area contributed by atoms with E-state index in [0.29, 0.717) is 11.6 Å². The van der Waals surface area contributed by atoms with Gasteiger partial charge in [0.15, 0.2) is 11.6 Å². The van der Waals surface area contributed by atoms with Crippen molar-refractivity contribution in [3.05, 3.63) is 60.6 Å². The topological polar surface area (TPSA) is 90.5 Å². The van der Waals surface area contributed by atoms with Crippen LogP contribution in [0.2, 0.25) is 0 Å². The maximum Gasteiger partial charge on any atom is 0.250 e. The lowest BCUT2D eigenvalue weighted by atomic mass is 10.4. The number of furan rings is 1. The van der Waals surface area contributed by atoms with Gasteiger partial charge in [0, 0.05) is 0 Å². The van der Waals surface area contributed by atoms with Crippen molar-refractivity contribution in [1.82, 2.24) is 30.4 Å². The van der Waals surface area contributed by atoms with Gasteiger partial charge in [-0.25, -0.2) is 15.0 Å². The van der Waals surface area contributed by atoms with Gasteiger partial charge in [-0.05, 0) is 35.6 Å². The molecule has 0 aliphatic carbocycles. The fraction of sp³-hybridized carbons (Fsp3) is 0.0769. The van der Waals surface area contributed by atoms with Crippen LogP contribution >= 0.6 is 34.8 Å². The quantitative estimate of drug-likeness (QED) is 0.638. The third-order valence-electron chi connectivity index (χ3n) is 2.19. The van der Waals surface area contributed by atoms with E-state index in [1.165, 1.54) is 6.33 Å². The van der Waals surface area contributed by atoms with Crippen LogP contribution in [0.25, 0.3) is 12.2 Å². The number of nitrogens with zero attached hydrogens (tertiary/aromatic N) is 6. The molecule has 0 fully saturated rings. The number of alkyl halides is 3. The van der Waals surface area contributed by atoms with E-state index in [1.54, 1.807) is 49.0 Å². The Kier molecular flexibility index (Phi) is 6.40. The van der Waals surface area contributed by atoms with Crippen LogP contribution in [-0.2, 0) is 3.79 Å². The highest BCUT2D eigenvalue weighted by atomic mass is 35.6. The minimum Gasteiger partial charge on any atom is -0.465 e. The van der Waals surface area contributed by atoms with E-state index in [4.69, 9.17) is 39.2 Å². The first-order valence-corrected chi connectivity index (χ1v) is 7.25. The Balaban J connectivity index is 0.000000268. The summed E-state index contributed by atoms with van der Waals surface area (Å²) in [5.74, 6) is 1.15. The van der Waals surface area contributed by atoms with Crippen LogP contribution in [-0.4, -0.2) is 30.4 Å². The highest BCUT2D eigenvalue weighted by Gasteiger charge is 2.26. The van der Waals surface area contributed by atoms with Crippen molar-refractivity contribution in [1.29, 1.82) is 0 Å². The Morgan fingerprint density at radius 2 is 1.78 bits per heavy atom. The number of halogens is 3. The minimum atomic E-state index is -1.66. The Hall–Kier alpha value is -2.09. The first kappa shape index (κ1) is 17.3. The molecule has 0 aromatic carbocycles. The van der Waals surface area contributed by atoms with Gasteiger partial charge in [0.25, 0.3) is 0 Å². The van der Waals surface area contributed by atoms with E-state index in [2.05, 4.69) is 30.4 Å². The number of hydrogen-bond donors (Lipinski definition) is 0. The normalized spacial score (nSPS) is 11.1. The predicted molar refractivity (Wildman–Crippen MR) is 86.5 cm³/mol. The molecule has 23 heavy (non-hydrogen) atoms. The van der Waals surface area contributed by atoms with Crippen LogP contribution in [0, 0.1) is 0 Å². The Morgan fingerprint density at radius 1 is 1.00 bits per heavy atom. The molecule has 3 aromatic rings. The molecule has 3 aromatic heterocycles. The van der Waals surface area contributed by atoms with E-state index >= 15 is 0 Å². The first-order valence-electron chi connectivity index (χ1n) is 6.12. The van der Waals surface area contributed by atoms with Gasteiger partial charge in [-0.2, -0.15) is 0 Å². The number of aromatic nitrogens is 6. The van der Waals surface area contributed by atoms with Gasteiger partial charge >= 0.3 is 0 Å². The predicted octanol–water partition coefficient (Wildman–Crippen LogP) is 3.33. The summed E-state index contributed by atoms with van der Waals surface area (Å²) in [6, 6.07) is 5.29. The van der Waals surface area contributed by atoms with Gasteiger partial charge < -0.3 is 4.42 Å². The fourth-order valence-corrected chi connectivity index (χ4v) is 1.55. The zero-order valence-corrected chi connectivity index (χ0v) is 13.7. The molecule has 0 N–H and O–H groups in total. The van der Waals surface area contributed by atoms with Crippen molar-refractivity contribution in [3.8, 4) is 0 Å². The van der Waals surface area contributed by atoms with Gasteiger partial charge in [0.05, 0.1) is 18.7 Å². The van der Waals surface area contributed by atoms with Gasteiger partial charge in [-0.3, -0.25) is 0 Å². The maximum absolute atomic E-state index is 5.67. The van der Waals surface area contributed by atoms with Crippen LogP contribution in [0.3, 0.4) is 0 Å². The molecule has 0 spiro atoms. The van der Waals surface area contributed by atoms with Crippen molar-refractivity contribution in [2.24, 2.45) is 0 Å². The lowest BCUT2D eigenvalue weighted by Gasteiger charge is -2.07. The van der Waals surface area contributed by atoms with Gasteiger partial charge in [0.2, 0.25) is 3.79 Å². The average molecular weight is 372 g/mol. The van der Waals surface area contributed by atoms with Gasteiger partial charge in [0.1, 0.15) is 12.1 Å².